The molecule has 3 atom stereocenters. The third-order valence-corrected chi connectivity index (χ3v) is 7.05. The number of hydrogen-bond donors (Lipinski definition) is 4. The molecule has 0 bridgehead atoms. The van der Waals surface area contributed by atoms with Gasteiger partial charge in [-0.2, -0.15) is 0 Å². The van der Waals surface area contributed by atoms with Crippen LogP contribution in [-0.2, 0) is 14.6 Å². The Kier molecular flexibility index (Phi) is 5.92. The minimum Gasteiger partial charge on any atom is -0.361 e. The highest BCUT2D eigenvalue weighted by atomic mass is 32.2. The predicted octanol–water partition coefficient (Wildman–Crippen LogP) is -0.987. The van der Waals surface area contributed by atoms with Crippen molar-refractivity contribution in [1.82, 2.24) is 21.3 Å². The van der Waals surface area contributed by atoms with Crippen molar-refractivity contribution in [1.29, 1.82) is 0 Å². The van der Waals surface area contributed by atoms with Crippen LogP contribution in [0.3, 0.4) is 0 Å². The van der Waals surface area contributed by atoms with E-state index >= 15 is 0 Å². The molecule has 0 radical (unpaired) electrons. The molecule has 8 heteroatoms. The van der Waals surface area contributed by atoms with E-state index in [2.05, 4.69) is 21.3 Å². The SMILES string of the molecule is CS(=O)(=O)C1CCC(C2CNCC(NCC3NCCO3)N2)CC1. The van der Waals surface area contributed by atoms with Gasteiger partial charge >= 0.3 is 0 Å². The summed E-state index contributed by atoms with van der Waals surface area (Å²) in [7, 11) is -2.88. The Morgan fingerprint density at radius 2 is 1.96 bits per heavy atom. The van der Waals surface area contributed by atoms with Crippen molar-refractivity contribution < 1.29 is 13.2 Å². The van der Waals surface area contributed by atoms with E-state index in [4.69, 9.17) is 4.74 Å². The second-order valence-corrected chi connectivity index (χ2v) is 9.40. The Balaban J connectivity index is 1.43. The minimum absolute atomic E-state index is 0.113. The van der Waals surface area contributed by atoms with Crippen LogP contribution in [0.2, 0.25) is 0 Å². The summed E-state index contributed by atoms with van der Waals surface area (Å²) in [4.78, 5) is 0. The Labute approximate surface area is 139 Å². The molecule has 3 aliphatic rings. The summed E-state index contributed by atoms with van der Waals surface area (Å²) in [5.74, 6) is 0.561. The van der Waals surface area contributed by atoms with Crippen LogP contribution in [0.5, 0.6) is 0 Å². The van der Waals surface area contributed by atoms with Crippen molar-refractivity contribution in [2.75, 3.05) is 39.0 Å². The lowest BCUT2D eigenvalue weighted by atomic mass is 9.83. The molecule has 4 N–H and O–H groups in total. The van der Waals surface area contributed by atoms with Crippen LogP contribution in [0.25, 0.3) is 0 Å². The molecule has 0 aromatic carbocycles. The van der Waals surface area contributed by atoms with Crippen molar-refractivity contribution in [3.8, 4) is 0 Å². The van der Waals surface area contributed by atoms with Crippen molar-refractivity contribution >= 4 is 9.84 Å². The van der Waals surface area contributed by atoms with E-state index in [0.717, 1.165) is 58.5 Å². The highest BCUT2D eigenvalue weighted by Crippen LogP contribution is 2.30. The third-order valence-electron chi connectivity index (χ3n) is 5.36. The monoisotopic (exact) mass is 346 g/mol. The van der Waals surface area contributed by atoms with Gasteiger partial charge in [-0.15, -0.1) is 0 Å². The second-order valence-electron chi connectivity index (χ2n) is 7.07. The van der Waals surface area contributed by atoms with Crippen LogP contribution in [0, 0.1) is 5.92 Å². The van der Waals surface area contributed by atoms with Gasteiger partial charge in [0.2, 0.25) is 0 Å². The van der Waals surface area contributed by atoms with Gasteiger partial charge in [-0.1, -0.05) is 0 Å². The number of ether oxygens (including phenoxy) is 1. The van der Waals surface area contributed by atoms with Crippen LogP contribution < -0.4 is 21.3 Å². The number of hydrogen-bond acceptors (Lipinski definition) is 7. The van der Waals surface area contributed by atoms with E-state index in [9.17, 15) is 8.42 Å². The average molecular weight is 346 g/mol. The first-order chi connectivity index (χ1) is 11.0. The Morgan fingerprint density at radius 1 is 1.17 bits per heavy atom. The van der Waals surface area contributed by atoms with Crippen LogP contribution in [0.15, 0.2) is 0 Å². The maximum atomic E-state index is 11.7. The number of piperazine rings is 1. The van der Waals surface area contributed by atoms with E-state index in [-0.39, 0.29) is 17.6 Å². The maximum absolute atomic E-state index is 11.7. The van der Waals surface area contributed by atoms with Gasteiger partial charge in [0.15, 0.2) is 0 Å². The molecule has 0 aromatic heterocycles. The largest absolute Gasteiger partial charge is 0.361 e. The molecule has 2 aliphatic heterocycles. The van der Waals surface area contributed by atoms with E-state index in [1.165, 1.54) is 6.26 Å². The molecule has 7 nitrogen and oxygen atoms in total. The summed E-state index contributed by atoms with van der Waals surface area (Å²) in [6.07, 6.45) is 5.33. The standard InChI is InChI=1S/C15H30N4O3S/c1-23(20,21)12-4-2-11(3-5-12)13-8-16-9-14(19-13)18-10-15-17-6-7-22-15/h11-19H,2-10H2,1H3. The third kappa shape index (κ3) is 4.87. The predicted molar refractivity (Wildman–Crippen MR) is 89.9 cm³/mol. The van der Waals surface area contributed by atoms with E-state index < -0.39 is 9.84 Å². The van der Waals surface area contributed by atoms with Gasteiger partial charge in [-0.3, -0.25) is 16.0 Å². The summed E-state index contributed by atoms with van der Waals surface area (Å²) < 4.78 is 28.9. The molecule has 0 spiro atoms. The molecule has 3 rings (SSSR count). The Morgan fingerprint density at radius 3 is 2.61 bits per heavy atom. The molecule has 2 heterocycles. The Bertz CT molecular complexity index is 473. The number of nitrogens with one attached hydrogen (secondary N) is 4. The molecule has 0 amide bonds. The average Bonchev–Trinajstić information content (AvgIpc) is 3.06. The van der Waals surface area contributed by atoms with Gasteiger partial charge in [0, 0.05) is 38.5 Å². The molecule has 3 unspecified atom stereocenters. The van der Waals surface area contributed by atoms with Crippen molar-refractivity contribution in [3.05, 3.63) is 0 Å². The summed E-state index contributed by atoms with van der Waals surface area (Å²) in [6, 6.07) is 0.416. The lowest BCUT2D eigenvalue weighted by molar-refractivity contribution is 0.0925. The summed E-state index contributed by atoms with van der Waals surface area (Å²) in [6.45, 7) is 4.38. The first-order valence-corrected chi connectivity index (χ1v) is 10.7. The van der Waals surface area contributed by atoms with E-state index in [1.807, 2.05) is 0 Å². The van der Waals surface area contributed by atoms with Gasteiger partial charge in [-0.05, 0) is 31.6 Å². The molecule has 23 heavy (non-hydrogen) atoms. The van der Waals surface area contributed by atoms with Gasteiger partial charge < -0.3 is 10.1 Å². The van der Waals surface area contributed by atoms with Gasteiger partial charge in [0.25, 0.3) is 0 Å². The fourth-order valence-electron chi connectivity index (χ4n) is 3.97. The summed E-state index contributed by atoms with van der Waals surface area (Å²) in [5, 5.41) is 13.9. The molecular formula is C15H30N4O3S. The summed E-state index contributed by atoms with van der Waals surface area (Å²) >= 11 is 0. The Hall–Kier alpha value is -0.250. The molecule has 1 saturated carbocycles. The zero-order valence-corrected chi connectivity index (χ0v) is 14.7. The van der Waals surface area contributed by atoms with E-state index in [0.29, 0.717) is 12.0 Å². The lowest BCUT2D eigenvalue weighted by Crippen LogP contribution is -2.63. The quantitative estimate of drug-likeness (QED) is 0.508. The second kappa shape index (κ2) is 7.76. The zero-order valence-electron chi connectivity index (χ0n) is 13.9. The highest BCUT2D eigenvalue weighted by molar-refractivity contribution is 7.91. The van der Waals surface area contributed by atoms with Gasteiger partial charge in [0.05, 0.1) is 18.0 Å². The number of sulfone groups is 1. The van der Waals surface area contributed by atoms with Crippen molar-refractivity contribution in [2.45, 2.75) is 49.4 Å². The van der Waals surface area contributed by atoms with E-state index in [1.54, 1.807) is 0 Å². The zero-order chi connectivity index (χ0) is 16.3. The molecule has 0 aromatic rings. The topological polar surface area (TPSA) is 91.5 Å². The van der Waals surface area contributed by atoms with Gasteiger partial charge in [0.1, 0.15) is 16.1 Å². The number of rotatable bonds is 5. The fraction of sp³-hybridized carbons (Fsp3) is 1.00. The fourth-order valence-corrected chi connectivity index (χ4v) is 5.10. The van der Waals surface area contributed by atoms with Gasteiger partial charge in [-0.25, -0.2) is 8.42 Å². The van der Waals surface area contributed by atoms with Crippen molar-refractivity contribution in [2.24, 2.45) is 5.92 Å². The first kappa shape index (κ1) is 17.6. The molecule has 134 valence electrons. The van der Waals surface area contributed by atoms with Crippen LogP contribution in [0.4, 0.5) is 0 Å². The van der Waals surface area contributed by atoms with Crippen LogP contribution in [-0.4, -0.2) is 71.1 Å². The molecule has 3 fully saturated rings. The van der Waals surface area contributed by atoms with Crippen LogP contribution in [0.1, 0.15) is 25.7 Å². The smallest absolute Gasteiger partial charge is 0.150 e. The molecule has 1 aliphatic carbocycles. The minimum atomic E-state index is -2.88. The molecule has 2 saturated heterocycles. The lowest BCUT2D eigenvalue weighted by Gasteiger charge is -2.40. The summed E-state index contributed by atoms with van der Waals surface area (Å²) in [5.41, 5.74) is 0. The van der Waals surface area contributed by atoms with Crippen LogP contribution >= 0.6 is 0 Å². The maximum Gasteiger partial charge on any atom is 0.150 e. The molecular weight excluding hydrogens is 316 g/mol. The normalized spacial score (nSPS) is 39.4. The first-order valence-electron chi connectivity index (χ1n) is 8.76. The van der Waals surface area contributed by atoms with Crippen molar-refractivity contribution in [3.63, 3.8) is 0 Å². The highest BCUT2D eigenvalue weighted by Gasteiger charge is 2.34.